The molecule has 2 atom stereocenters. The number of cyclic esters (lactones) is 1. The summed E-state index contributed by atoms with van der Waals surface area (Å²) in [5.41, 5.74) is 1.91. The number of benzene rings is 1. The van der Waals surface area contributed by atoms with Crippen LogP contribution in [0.15, 0.2) is 18.2 Å². The first-order valence-electron chi connectivity index (χ1n) is 8.36. The third-order valence-corrected chi connectivity index (χ3v) is 4.22. The van der Waals surface area contributed by atoms with Crippen LogP contribution in [-0.4, -0.2) is 28.4 Å². The Labute approximate surface area is 137 Å². The van der Waals surface area contributed by atoms with Crippen LogP contribution in [0.25, 0.3) is 6.08 Å². The van der Waals surface area contributed by atoms with Gasteiger partial charge in [0.05, 0.1) is 17.8 Å². The van der Waals surface area contributed by atoms with Crippen LogP contribution in [0.5, 0.6) is 5.75 Å². The lowest BCUT2D eigenvalue weighted by molar-refractivity contribution is 0.0309. The number of allylic oxidation sites excluding steroid dienone is 1. The van der Waals surface area contributed by atoms with Crippen molar-refractivity contribution in [3.8, 4) is 5.75 Å². The van der Waals surface area contributed by atoms with Crippen molar-refractivity contribution in [3.05, 3.63) is 34.9 Å². The van der Waals surface area contributed by atoms with Crippen LogP contribution in [0, 0.1) is 6.92 Å². The fraction of sp³-hybridized carbons (Fsp3) is 0.526. The number of phenols is 1. The second kappa shape index (κ2) is 8.16. The summed E-state index contributed by atoms with van der Waals surface area (Å²) in [5.74, 6) is -0.212. The Bertz CT molecular complexity index is 577. The molecule has 0 bridgehead atoms. The number of fused-ring (bicyclic) bond motifs is 1. The fourth-order valence-corrected chi connectivity index (χ4v) is 2.97. The number of carbonyl (C=O) groups excluding carboxylic acids is 1. The van der Waals surface area contributed by atoms with Crippen LogP contribution < -0.4 is 0 Å². The van der Waals surface area contributed by atoms with Gasteiger partial charge in [-0.2, -0.15) is 0 Å². The number of hydrogen-bond donors (Lipinski definition) is 2. The average molecular weight is 318 g/mol. The molecular formula is C19H26O4. The van der Waals surface area contributed by atoms with Crippen LogP contribution in [0.4, 0.5) is 0 Å². The van der Waals surface area contributed by atoms with E-state index in [9.17, 15) is 15.0 Å². The van der Waals surface area contributed by atoms with Gasteiger partial charge in [0.2, 0.25) is 0 Å². The Morgan fingerprint density at radius 2 is 1.91 bits per heavy atom. The van der Waals surface area contributed by atoms with E-state index >= 15 is 0 Å². The molecule has 2 unspecified atom stereocenters. The molecule has 0 saturated heterocycles. The zero-order chi connectivity index (χ0) is 16.8. The van der Waals surface area contributed by atoms with Crippen molar-refractivity contribution in [1.82, 2.24) is 0 Å². The predicted molar refractivity (Wildman–Crippen MR) is 90.5 cm³/mol. The van der Waals surface area contributed by atoms with Crippen LogP contribution in [-0.2, 0) is 4.74 Å². The van der Waals surface area contributed by atoms with Crippen molar-refractivity contribution in [2.75, 3.05) is 0 Å². The van der Waals surface area contributed by atoms with Crippen molar-refractivity contribution in [2.24, 2.45) is 0 Å². The maximum atomic E-state index is 12.5. The van der Waals surface area contributed by atoms with Gasteiger partial charge in [-0.3, -0.25) is 0 Å². The lowest BCUT2D eigenvalue weighted by atomic mass is 9.99. The van der Waals surface area contributed by atoms with Gasteiger partial charge in [-0.25, -0.2) is 4.79 Å². The lowest BCUT2D eigenvalue weighted by Crippen LogP contribution is -2.18. The number of aryl methyl sites for hydroxylation is 1. The molecule has 0 saturated carbocycles. The third-order valence-electron chi connectivity index (χ3n) is 4.22. The first-order chi connectivity index (χ1) is 11.0. The van der Waals surface area contributed by atoms with Crippen LogP contribution in [0.2, 0.25) is 0 Å². The topological polar surface area (TPSA) is 66.8 Å². The van der Waals surface area contributed by atoms with Crippen LogP contribution in [0.3, 0.4) is 0 Å². The molecule has 1 aliphatic heterocycles. The minimum atomic E-state index is -0.354. The number of aromatic hydroxyl groups is 1. The highest BCUT2D eigenvalue weighted by Crippen LogP contribution is 2.25. The molecule has 4 heteroatoms. The highest BCUT2D eigenvalue weighted by molar-refractivity contribution is 5.95. The van der Waals surface area contributed by atoms with Gasteiger partial charge in [0.1, 0.15) is 5.75 Å². The standard InChI is InChI=1S/C19H26O4/c1-13-11-17(21)12-15-8-4-3-5-9-16(20)10-6-7-14(2)23-19(22)18(13)15/h4,8,11-12,14,16,20-21H,3,5-7,9-10H2,1-2H3. The number of hydrogen-bond acceptors (Lipinski definition) is 4. The molecule has 0 spiro atoms. The predicted octanol–water partition coefficient (Wildman–Crippen LogP) is 3.97. The summed E-state index contributed by atoms with van der Waals surface area (Å²) in [6, 6.07) is 3.17. The Morgan fingerprint density at radius 1 is 1.17 bits per heavy atom. The molecule has 2 N–H and O–H groups in total. The highest BCUT2D eigenvalue weighted by atomic mass is 16.5. The van der Waals surface area contributed by atoms with Gasteiger partial charge in [-0.1, -0.05) is 12.2 Å². The number of rotatable bonds is 0. The molecule has 23 heavy (non-hydrogen) atoms. The van der Waals surface area contributed by atoms with Crippen LogP contribution in [0.1, 0.15) is 66.9 Å². The Morgan fingerprint density at radius 3 is 2.70 bits per heavy atom. The fourth-order valence-electron chi connectivity index (χ4n) is 2.97. The van der Waals surface area contributed by atoms with E-state index in [1.807, 2.05) is 19.1 Å². The molecule has 0 amide bonds. The first-order valence-corrected chi connectivity index (χ1v) is 8.36. The van der Waals surface area contributed by atoms with E-state index in [2.05, 4.69) is 0 Å². The Kier molecular flexibility index (Phi) is 6.22. The summed E-state index contributed by atoms with van der Waals surface area (Å²) in [5, 5.41) is 19.7. The van der Waals surface area contributed by atoms with Gasteiger partial charge in [0.25, 0.3) is 0 Å². The molecule has 4 nitrogen and oxygen atoms in total. The molecule has 1 aromatic carbocycles. The van der Waals surface area contributed by atoms with Gasteiger partial charge in [-0.15, -0.1) is 0 Å². The summed E-state index contributed by atoms with van der Waals surface area (Å²) in [6.45, 7) is 3.68. The molecule has 126 valence electrons. The molecule has 1 aromatic rings. The molecule has 0 aliphatic carbocycles. The Balaban J connectivity index is 2.30. The summed E-state index contributed by atoms with van der Waals surface area (Å²) in [4.78, 5) is 12.5. The minimum absolute atomic E-state index is 0.142. The number of esters is 1. The molecule has 0 aromatic heterocycles. The van der Waals surface area contributed by atoms with Crippen molar-refractivity contribution in [3.63, 3.8) is 0 Å². The third kappa shape index (κ3) is 5.10. The van der Waals surface area contributed by atoms with Crippen molar-refractivity contribution < 1.29 is 19.7 Å². The molecule has 2 rings (SSSR count). The summed E-state index contributed by atoms with van der Waals surface area (Å²) >= 11 is 0. The number of ether oxygens (including phenoxy) is 1. The molecule has 0 radical (unpaired) electrons. The zero-order valence-electron chi connectivity index (χ0n) is 13.9. The summed E-state index contributed by atoms with van der Waals surface area (Å²) < 4.78 is 5.54. The summed E-state index contributed by atoms with van der Waals surface area (Å²) in [7, 11) is 0. The second-order valence-corrected chi connectivity index (χ2v) is 6.36. The van der Waals surface area contributed by atoms with Gasteiger partial charge in [-0.05, 0) is 75.6 Å². The van der Waals surface area contributed by atoms with Crippen molar-refractivity contribution in [1.29, 1.82) is 0 Å². The number of phenolic OH excluding ortho intramolecular Hbond substituents is 1. The molecule has 1 heterocycles. The maximum absolute atomic E-state index is 12.5. The SMILES string of the molecule is Cc1cc(O)cc2c1C(=O)OC(C)CCCC(O)CCCC=C2. The smallest absolute Gasteiger partial charge is 0.339 e. The van der Waals surface area contributed by atoms with E-state index in [-0.39, 0.29) is 23.9 Å². The van der Waals surface area contributed by atoms with Gasteiger partial charge in [0.15, 0.2) is 0 Å². The van der Waals surface area contributed by atoms with E-state index < -0.39 is 0 Å². The first kappa shape index (κ1) is 17.5. The van der Waals surface area contributed by atoms with Gasteiger partial charge >= 0.3 is 5.97 Å². The largest absolute Gasteiger partial charge is 0.508 e. The van der Waals surface area contributed by atoms with E-state index in [4.69, 9.17) is 4.74 Å². The summed E-state index contributed by atoms with van der Waals surface area (Å²) in [6.07, 6.45) is 8.20. The van der Waals surface area contributed by atoms with Crippen LogP contribution >= 0.6 is 0 Å². The normalized spacial score (nSPS) is 23.7. The molecule has 1 aliphatic rings. The van der Waals surface area contributed by atoms with E-state index in [1.165, 1.54) is 0 Å². The van der Waals surface area contributed by atoms with Crippen molar-refractivity contribution >= 4 is 12.0 Å². The van der Waals surface area contributed by atoms with E-state index in [0.717, 1.165) is 38.5 Å². The average Bonchev–Trinajstić information content (AvgIpc) is 2.45. The number of aliphatic hydroxyl groups excluding tert-OH is 1. The maximum Gasteiger partial charge on any atom is 0.339 e. The van der Waals surface area contributed by atoms with Crippen molar-refractivity contribution in [2.45, 2.75) is 64.6 Å². The quantitative estimate of drug-likeness (QED) is 0.710. The monoisotopic (exact) mass is 318 g/mol. The number of carbonyl (C=O) groups is 1. The number of aliphatic hydroxyl groups is 1. The molecule has 0 fully saturated rings. The lowest BCUT2D eigenvalue weighted by Gasteiger charge is -2.17. The van der Waals surface area contributed by atoms with E-state index in [1.54, 1.807) is 19.1 Å². The second-order valence-electron chi connectivity index (χ2n) is 6.36. The minimum Gasteiger partial charge on any atom is -0.508 e. The zero-order valence-corrected chi connectivity index (χ0v) is 13.9. The van der Waals surface area contributed by atoms with E-state index in [0.29, 0.717) is 16.7 Å². The van der Waals surface area contributed by atoms with Gasteiger partial charge in [0, 0.05) is 0 Å². The molecular weight excluding hydrogens is 292 g/mol. The van der Waals surface area contributed by atoms with Gasteiger partial charge < -0.3 is 14.9 Å². The Hall–Kier alpha value is -1.81. The highest BCUT2D eigenvalue weighted by Gasteiger charge is 2.19.